The minimum Gasteiger partial charge on any atom is -0.495 e. The number of rotatable bonds is 5. The van der Waals surface area contributed by atoms with E-state index >= 15 is 0 Å². The van der Waals surface area contributed by atoms with Crippen molar-refractivity contribution in [2.24, 2.45) is 5.92 Å². The second-order valence-corrected chi connectivity index (χ2v) is 4.99. The van der Waals surface area contributed by atoms with Crippen LogP contribution >= 0.6 is 0 Å². The molecule has 0 radical (unpaired) electrons. The first-order chi connectivity index (χ1) is 10.5. The van der Waals surface area contributed by atoms with E-state index in [1.165, 1.54) is 13.4 Å². The van der Waals surface area contributed by atoms with Crippen LogP contribution < -0.4 is 15.4 Å². The third-order valence-electron chi connectivity index (χ3n) is 2.98. The van der Waals surface area contributed by atoms with E-state index in [1.54, 1.807) is 44.2 Å². The van der Waals surface area contributed by atoms with E-state index in [-0.39, 0.29) is 17.6 Å². The summed E-state index contributed by atoms with van der Waals surface area (Å²) >= 11 is 0. The van der Waals surface area contributed by atoms with Gasteiger partial charge >= 0.3 is 0 Å². The average Bonchev–Trinajstić information content (AvgIpc) is 3.01. The van der Waals surface area contributed by atoms with Gasteiger partial charge in [-0.15, -0.1) is 0 Å². The third-order valence-corrected chi connectivity index (χ3v) is 2.98. The molecule has 0 aliphatic rings. The molecule has 22 heavy (non-hydrogen) atoms. The average molecular weight is 302 g/mol. The van der Waals surface area contributed by atoms with Crippen LogP contribution in [-0.2, 0) is 4.79 Å². The van der Waals surface area contributed by atoms with Crippen LogP contribution in [0.4, 0.5) is 11.4 Å². The molecule has 0 bridgehead atoms. The maximum Gasteiger partial charge on any atom is 0.291 e. The number of carbonyl (C=O) groups excluding carboxylic acids is 2. The van der Waals surface area contributed by atoms with Gasteiger partial charge in [-0.25, -0.2) is 0 Å². The molecule has 0 unspecified atom stereocenters. The molecule has 6 nitrogen and oxygen atoms in total. The highest BCUT2D eigenvalue weighted by Crippen LogP contribution is 2.28. The van der Waals surface area contributed by atoms with Gasteiger partial charge in [-0.2, -0.15) is 0 Å². The van der Waals surface area contributed by atoms with Crippen molar-refractivity contribution in [1.82, 2.24) is 0 Å². The molecule has 1 heterocycles. The van der Waals surface area contributed by atoms with E-state index in [1.807, 2.05) is 0 Å². The van der Waals surface area contributed by atoms with E-state index in [9.17, 15) is 9.59 Å². The molecular weight excluding hydrogens is 284 g/mol. The zero-order valence-electron chi connectivity index (χ0n) is 12.7. The lowest BCUT2D eigenvalue weighted by Crippen LogP contribution is -2.18. The number of furan rings is 1. The van der Waals surface area contributed by atoms with Gasteiger partial charge in [0.05, 0.1) is 19.1 Å². The first kappa shape index (κ1) is 15.6. The normalized spacial score (nSPS) is 10.4. The predicted molar refractivity (Wildman–Crippen MR) is 83.1 cm³/mol. The highest BCUT2D eigenvalue weighted by molar-refractivity contribution is 6.03. The summed E-state index contributed by atoms with van der Waals surface area (Å²) in [5, 5.41) is 5.47. The Morgan fingerprint density at radius 3 is 2.55 bits per heavy atom. The molecule has 1 aromatic carbocycles. The Morgan fingerprint density at radius 1 is 1.18 bits per heavy atom. The molecule has 0 saturated carbocycles. The van der Waals surface area contributed by atoms with Crippen LogP contribution in [0.15, 0.2) is 41.0 Å². The van der Waals surface area contributed by atoms with Gasteiger partial charge in [0.25, 0.3) is 5.91 Å². The lowest BCUT2D eigenvalue weighted by molar-refractivity contribution is -0.118. The Hall–Kier alpha value is -2.76. The summed E-state index contributed by atoms with van der Waals surface area (Å²) in [6.45, 7) is 3.61. The Bertz CT molecular complexity index is 663. The first-order valence-electron chi connectivity index (χ1n) is 6.85. The van der Waals surface area contributed by atoms with Crippen molar-refractivity contribution in [1.29, 1.82) is 0 Å². The lowest BCUT2D eigenvalue weighted by Gasteiger charge is -2.13. The smallest absolute Gasteiger partial charge is 0.291 e. The minimum absolute atomic E-state index is 0.103. The highest BCUT2D eigenvalue weighted by atomic mass is 16.5. The summed E-state index contributed by atoms with van der Waals surface area (Å²) in [6.07, 6.45) is 1.42. The van der Waals surface area contributed by atoms with E-state index in [0.717, 1.165) is 0 Å². The van der Waals surface area contributed by atoms with Crippen molar-refractivity contribution >= 4 is 23.2 Å². The number of amides is 2. The molecule has 2 aromatic rings. The van der Waals surface area contributed by atoms with Crippen LogP contribution in [-0.4, -0.2) is 18.9 Å². The number of anilines is 2. The van der Waals surface area contributed by atoms with E-state index in [2.05, 4.69) is 10.6 Å². The molecule has 2 N–H and O–H groups in total. The zero-order valence-corrected chi connectivity index (χ0v) is 12.7. The molecule has 0 atom stereocenters. The van der Waals surface area contributed by atoms with Gasteiger partial charge in [0.1, 0.15) is 5.75 Å². The number of hydrogen-bond acceptors (Lipinski definition) is 4. The summed E-state index contributed by atoms with van der Waals surface area (Å²) in [7, 11) is 1.50. The molecule has 0 aliphatic carbocycles. The maximum atomic E-state index is 12.0. The first-order valence-corrected chi connectivity index (χ1v) is 6.85. The number of ether oxygens (including phenoxy) is 1. The Morgan fingerprint density at radius 2 is 1.95 bits per heavy atom. The zero-order chi connectivity index (χ0) is 16.1. The summed E-state index contributed by atoms with van der Waals surface area (Å²) in [4.78, 5) is 23.8. The fourth-order valence-corrected chi connectivity index (χ4v) is 1.76. The lowest BCUT2D eigenvalue weighted by atomic mass is 10.2. The van der Waals surface area contributed by atoms with Gasteiger partial charge < -0.3 is 19.8 Å². The van der Waals surface area contributed by atoms with E-state index < -0.39 is 5.91 Å². The second-order valence-electron chi connectivity index (χ2n) is 4.99. The predicted octanol–water partition coefficient (Wildman–Crippen LogP) is 3.14. The Balaban J connectivity index is 2.21. The molecule has 1 aromatic heterocycles. The quantitative estimate of drug-likeness (QED) is 0.889. The van der Waals surface area contributed by atoms with Gasteiger partial charge in [0.15, 0.2) is 5.76 Å². The van der Waals surface area contributed by atoms with Gasteiger partial charge in [0, 0.05) is 11.6 Å². The fraction of sp³-hybridized carbons (Fsp3) is 0.250. The Kier molecular flexibility index (Phi) is 4.83. The van der Waals surface area contributed by atoms with Crippen LogP contribution in [0, 0.1) is 5.92 Å². The molecule has 6 heteroatoms. The molecule has 0 aliphatic heterocycles. The van der Waals surface area contributed by atoms with Crippen molar-refractivity contribution in [2.75, 3.05) is 17.7 Å². The maximum absolute atomic E-state index is 12.0. The summed E-state index contributed by atoms with van der Waals surface area (Å²) in [6, 6.07) is 8.22. The fourth-order valence-electron chi connectivity index (χ4n) is 1.76. The summed E-state index contributed by atoms with van der Waals surface area (Å²) < 4.78 is 10.3. The number of nitrogens with one attached hydrogen (secondary N) is 2. The van der Waals surface area contributed by atoms with Crippen molar-refractivity contribution in [3.63, 3.8) is 0 Å². The largest absolute Gasteiger partial charge is 0.495 e. The van der Waals surface area contributed by atoms with Crippen molar-refractivity contribution in [2.45, 2.75) is 13.8 Å². The summed E-state index contributed by atoms with van der Waals surface area (Å²) in [5.41, 5.74) is 1.03. The Labute approximate surface area is 128 Å². The van der Waals surface area contributed by atoms with E-state index in [0.29, 0.717) is 17.1 Å². The molecule has 2 amide bonds. The highest BCUT2D eigenvalue weighted by Gasteiger charge is 2.14. The molecule has 2 rings (SSSR count). The third kappa shape index (κ3) is 3.66. The molecular formula is C16H18N2O4. The monoisotopic (exact) mass is 302 g/mol. The summed E-state index contributed by atoms with van der Waals surface area (Å²) in [5.74, 6) is 0.0495. The molecule has 0 saturated heterocycles. The van der Waals surface area contributed by atoms with Crippen molar-refractivity contribution in [3.8, 4) is 5.75 Å². The number of hydrogen-bond donors (Lipinski definition) is 2. The molecule has 116 valence electrons. The van der Waals surface area contributed by atoms with Crippen LogP contribution in [0.2, 0.25) is 0 Å². The van der Waals surface area contributed by atoms with Crippen LogP contribution in [0.3, 0.4) is 0 Å². The van der Waals surface area contributed by atoms with Gasteiger partial charge in [-0.1, -0.05) is 13.8 Å². The SMILES string of the molecule is COc1ccc(NC(=O)C(C)C)cc1NC(=O)c1ccco1. The van der Waals surface area contributed by atoms with E-state index in [4.69, 9.17) is 9.15 Å². The minimum atomic E-state index is -0.393. The number of carbonyl (C=O) groups is 2. The molecule has 0 spiro atoms. The van der Waals surface area contributed by atoms with Gasteiger partial charge in [-0.05, 0) is 30.3 Å². The van der Waals surface area contributed by atoms with Gasteiger partial charge in [-0.3, -0.25) is 9.59 Å². The second kappa shape index (κ2) is 6.80. The van der Waals surface area contributed by atoms with Crippen LogP contribution in [0.25, 0.3) is 0 Å². The van der Waals surface area contributed by atoms with Crippen LogP contribution in [0.5, 0.6) is 5.75 Å². The van der Waals surface area contributed by atoms with Gasteiger partial charge in [0.2, 0.25) is 5.91 Å². The van der Waals surface area contributed by atoms with Crippen molar-refractivity contribution in [3.05, 3.63) is 42.4 Å². The standard InChI is InChI=1S/C16H18N2O4/c1-10(2)15(19)17-11-6-7-13(21-3)12(9-11)18-16(20)14-5-4-8-22-14/h4-10H,1-3H3,(H,17,19)(H,18,20). The number of methoxy groups -OCH3 is 1. The number of benzene rings is 1. The molecule has 0 fully saturated rings. The van der Waals surface area contributed by atoms with Crippen LogP contribution in [0.1, 0.15) is 24.4 Å². The topological polar surface area (TPSA) is 80.6 Å². The van der Waals surface area contributed by atoms with Crippen molar-refractivity contribution < 1.29 is 18.7 Å².